The summed E-state index contributed by atoms with van der Waals surface area (Å²) >= 11 is 0. The number of carbonyl (C=O) groups excluding carboxylic acids is 1. The lowest BCUT2D eigenvalue weighted by atomic mass is 9.99. The molecule has 0 radical (unpaired) electrons. The Balaban J connectivity index is 1.97. The van der Waals surface area contributed by atoms with Crippen LogP contribution >= 0.6 is 0 Å². The molecule has 114 valence electrons. The van der Waals surface area contributed by atoms with E-state index in [4.69, 9.17) is 9.84 Å². The number of nitrogens with one attached hydrogen (secondary N) is 1. The van der Waals surface area contributed by atoms with Crippen LogP contribution in [-0.2, 0) is 16.1 Å². The minimum absolute atomic E-state index is 0.254. The lowest BCUT2D eigenvalue weighted by molar-refractivity contribution is -0.143. The van der Waals surface area contributed by atoms with E-state index in [1.165, 1.54) is 0 Å². The predicted octanol–water partition coefficient (Wildman–Crippen LogP) is 2.16. The monoisotopic (exact) mass is 292 g/mol. The first-order chi connectivity index (χ1) is 10.1. The quantitative estimate of drug-likeness (QED) is 0.891. The fourth-order valence-corrected chi connectivity index (χ4v) is 2.47. The van der Waals surface area contributed by atoms with Crippen LogP contribution in [0.4, 0.5) is 10.5 Å². The molecule has 0 saturated carbocycles. The molecule has 2 amide bonds. The van der Waals surface area contributed by atoms with Crippen LogP contribution in [0.3, 0.4) is 0 Å². The number of carboxylic acids is 1. The van der Waals surface area contributed by atoms with Crippen molar-refractivity contribution in [3.05, 3.63) is 29.8 Å². The van der Waals surface area contributed by atoms with E-state index in [2.05, 4.69) is 5.32 Å². The third-order valence-corrected chi connectivity index (χ3v) is 3.55. The van der Waals surface area contributed by atoms with Gasteiger partial charge < -0.3 is 20.1 Å². The minimum Gasteiger partial charge on any atom is -0.481 e. The number of hydrogen-bond donors (Lipinski definition) is 2. The topological polar surface area (TPSA) is 78.9 Å². The number of carboxylic acid groups (broad SMARTS) is 1. The SMILES string of the molecule is COCc1cccc(NC(=O)N2CCCC(C(=O)O)C2)c1. The van der Waals surface area contributed by atoms with Crippen molar-refractivity contribution in [2.45, 2.75) is 19.4 Å². The summed E-state index contributed by atoms with van der Waals surface area (Å²) in [6.07, 6.45) is 1.34. The molecular weight excluding hydrogens is 272 g/mol. The Morgan fingerprint density at radius 3 is 3.00 bits per heavy atom. The van der Waals surface area contributed by atoms with E-state index in [-0.39, 0.29) is 12.6 Å². The standard InChI is InChI=1S/C15H20N2O4/c1-21-10-11-4-2-6-13(8-11)16-15(20)17-7-3-5-12(9-17)14(18)19/h2,4,6,8,12H,3,5,7,9-10H2,1H3,(H,16,20)(H,18,19). The molecule has 0 spiro atoms. The van der Waals surface area contributed by atoms with Crippen LogP contribution in [0.1, 0.15) is 18.4 Å². The first-order valence-electron chi connectivity index (χ1n) is 6.96. The van der Waals surface area contributed by atoms with Crippen LogP contribution in [0.2, 0.25) is 0 Å². The van der Waals surface area contributed by atoms with E-state index in [0.29, 0.717) is 31.7 Å². The molecule has 0 bridgehead atoms. The summed E-state index contributed by atoms with van der Waals surface area (Å²) in [4.78, 5) is 24.8. The summed E-state index contributed by atoms with van der Waals surface area (Å²) < 4.78 is 5.06. The van der Waals surface area contributed by atoms with E-state index in [0.717, 1.165) is 5.56 Å². The molecule has 2 rings (SSSR count). The van der Waals surface area contributed by atoms with Crippen molar-refractivity contribution in [1.82, 2.24) is 4.90 Å². The Labute approximate surface area is 123 Å². The number of amides is 2. The molecule has 1 fully saturated rings. The van der Waals surface area contributed by atoms with Gasteiger partial charge in [0.25, 0.3) is 0 Å². The molecule has 1 aliphatic heterocycles. The summed E-state index contributed by atoms with van der Waals surface area (Å²) in [5, 5.41) is 11.9. The number of aliphatic carboxylic acids is 1. The average Bonchev–Trinajstić information content (AvgIpc) is 2.48. The normalized spacial score (nSPS) is 18.3. The minimum atomic E-state index is -0.838. The second kappa shape index (κ2) is 7.08. The van der Waals surface area contributed by atoms with Gasteiger partial charge in [0.2, 0.25) is 0 Å². The van der Waals surface area contributed by atoms with Gasteiger partial charge in [-0.25, -0.2) is 4.79 Å². The first-order valence-corrected chi connectivity index (χ1v) is 6.96. The maximum atomic E-state index is 12.2. The molecule has 2 N–H and O–H groups in total. The van der Waals surface area contributed by atoms with Crippen LogP contribution in [0.5, 0.6) is 0 Å². The van der Waals surface area contributed by atoms with Gasteiger partial charge in [-0.3, -0.25) is 4.79 Å². The predicted molar refractivity (Wildman–Crippen MR) is 78.1 cm³/mol. The fraction of sp³-hybridized carbons (Fsp3) is 0.467. The van der Waals surface area contributed by atoms with Gasteiger partial charge in [-0.2, -0.15) is 0 Å². The summed E-state index contributed by atoms with van der Waals surface area (Å²) in [6.45, 7) is 1.33. The van der Waals surface area contributed by atoms with Gasteiger partial charge in [-0.1, -0.05) is 12.1 Å². The number of urea groups is 1. The van der Waals surface area contributed by atoms with Crippen molar-refractivity contribution < 1.29 is 19.4 Å². The Bertz CT molecular complexity index is 518. The number of carbonyl (C=O) groups is 2. The summed E-state index contributed by atoms with van der Waals surface area (Å²) in [6, 6.07) is 7.16. The largest absolute Gasteiger partial charge is 0.481 e. The molecule has 1 heterocycles. The second-order valence-corrected chi connectivity index (χ2v) is 5.19. The average molecular weight is 292 g/mol. The molecule has 21 heavy (non-hydrogen) atoms. The molecule has 0 aliphatic carbocycles. The lowest BCUT2D eigenvalue weighted by Crippen LogP contribution is -2.44. The zero-order valence-electron chi connectivity index (χ0n) is 12.0. The molecule has 6 nitrogen and oxygen atoms in total. The maximum Gasteiger partial charge on any atom is 0.321 e. The van der Waals surface area contributed by atoms with Crippen LogP contribution in [-0.4, -0.2) is 42.2 Å². The molecule has 1 aromatic rings. The zero-order chi connectivity index (χ0) is 15.2. The summed E-state index contributed by atoms with van der Waals surface area (Å²) in [7, 11) is 1.62. The molecule has 1 saturated heterocycles. The highest BCUT2D eigenvalue weighted by atomic mass is 16.5. The Morgan fingerprint density at radius 1 is 1.48 bits per heavy atom. The van der Waals surface area contributed by atoms with Crippen molar-refractivity contribution >= 4 is 17.7 Å². The third-order valence-electron chi connectivity index (χ3n) is 3.55. The number of anilines is 1. The van der Waals surface area contributed by atoms with Crippen molar-refractivity contribution in [3.8, 4) is 0 Å². The number of rotatable bonds is 4. The van der Waals surface area contributed by atoms with Gasteiger partial charge in [0, 0.05) is 25.9 Å². The van der Waals surface area contributed by atoms with Crippen molar-refractivity contribution in [3.63, 3.8) is 0 Å². The Kier molecular flexibility index (Phi) is 5.16. The summed E-state index contributed by atoms with van der Waals surface area (Å²) in [5.74, 6) is -1.31. The van der Waals surface area contributed by atoms with E-state index in [9.17, 15) is 9.59 Å². The van der Waals surface area contributed by atoms with E-state index < -0.39 is 11.9 Å². The summed E-state index contributed by atoms with van der Waals surface area (Å²) in [5.41, 5.74) is 1.66. The highest BCUT2D eigenvalue weighted by Crippen LogP contribution is 2.18. The second-order valence-electron chi connectivity index (χ2n) is 5.19. The first kappa shape index (κ1) is 15.3. The van der Waals surface area contributed by atoms with E-state index >= 15 is 0 Å². The molecule has 0 aromatic heterocycles. The van der Waals surface area contributed by atoms with Gasteiger partial charge in [0.15, 0.2) is 0 Å². The van der Waals surface area contributed by atoms with Gasteiger partial charge in [-0.15, -0.1) is 0 Å². The number of ether oxygens (including phenoxy) is 1. The molecule has 6 heteroatoms. The smallest absolute Gasteiger partial charge is 0.321 e. The molecule has 1 aliphatic rings. The van der Waals surface area contributed by atoms with Crippen LogP contribution in [0.25, 0.3) is 0 Å². The van der Waals surface area contributed by atoms with Gasteiger partial charge in [-0.05, 0) is 30.5 Å². The number of nitrogens with zero attached hydrogens (tertiary/aromatic N) is 1. The van der Waals surface area contributed by atoms with Crippen LogP contribution in [0, 0.1) is 5.92 Å². The van der Waals surface area contributed by atoms with Crippen LogP contribution in [0.15, 0.2) is 24.3 Å². The number of hydrogen-bond acceptors (Lipinski definition) is 3. The van der Waals surface area contributed by atoms with E-state index in [1.807, 2.05) is 18.2 Å². The number of methoxy groups -OCH3 is 1. The number of piperidine rings is 1. The van der Waals surface area contributed by atoms with Crippen molar-refractivity contribution in [2.24, 2.45) is 5.92 Å². The lowest BCUT2D eigenvalue weighted by Gasteiger charge is -2.30. The Hall–Kier alpha value is -2.08. The van der Waals surface area contributed by atoms with E-state index in [1.54, 1.807) is 18.1 Å². The molecular formula is C15H20N2O4. The number of benzene rings is 1. The fourth-order valence-electron chi connectivity index (χ4n) is 2.47. The number of likely N-dealkylation sites (tertiary alicyclic amines) is 1. The zero-order valence-corrected chi connectivity index (χ0v) is 12.0. The molecule has 1 unspecified atom stereocenters. The molecule has 1 aromatic carbocycles. The van der Waals surface area contributed by atoms with Crippen LogP contribution < -0.4 is 5.32 Å². The van der Waals surface area contributed by atoms with Crippen molar-refractivity contribution in [2.75, 3.05) is 25.5 Å². The highest BCUT2D eigenvalue weighted by Gasteiger charge is 2.28. The Morgan fingerprint density at radius 2 is 2.29 bits per heavy atom. The van der Waals surface area contributed by atoms with Gasteiger partial charge in [0.05, 0.1) is 12.5 Å². The van der Waals surface area contributed by atoms with Gasteiger partial charge >= 0.3 is 12.0 Å². The highest BCUT2D eigenvalue weighted by molar-refractivity contribution is 5.89. The van der Waals surface area contributed by atoms with Crippen molar-refractivity contribution in [1.29, 1.82) is 0 Å². The van der Waals surface area contributed by atoms with Gasteiger partial charge in [0.1, 0.15) is 0 Å². The molecule has 1 atom stereocenters. The maximum absolute atomic E-state index is 12.2. The third kappa shape index (κ3) is 4.19.